The van der Waals surface area contributed by atoms with Crippen LogP contribution in [-0.2, 0) is 0 Å². The zero-order chi connectivity index (χ0) is 13.4. The maximum Gasteiger partial charge on any atom is 0.0864 e. The fourth-order valence-corrected chi connectivity index (χ4v) is 3.39. The molecule has 100 valence electrons. The van der Waals surface area contributed by atoms with E-state index >= 15 is 0 Å². The number of aliphatic hydroxyl groups excluding tert-OH is 1. The fraction of sp³-hybridized carbons (Fsp3) is 0.400. The van der Waals surface area contributed by atoms with E-state index in [9.17, 15) is 5.11 Å². The number of nitrogens with zero attached hydrogens (tertiary/aromatic N) is 2. The molecular weight excluding hydrogens is 304 g/mol. The molecule has 2 heterocycles. The Bertz CT molecular complexity index is 592. The predicted molar refractivity (Wildman–Crippen MR) is 81.4 cm³/mol. The van der Waals surface area contributed by atoms with Crippen LogP contribution < -0.4 is 4.90 Å². The molecule has 0 bridgehead atoms. The average Bonchev–Trinajstić information content (AvgIpc) is 2.37. The van der Waals surface area contributed by atoms with Crippen LogP contribution in [0.25, 0.3) is 10.9 Å². The molecule has 0 radical (unpaired) electrons. The van der Waals surface area contributed by atoms with Crippen LogP contribution in [0.1, 0.15) is 13.3 Å². The molecule has 3 nitrogen and oxygen atoms in total. The van der Waals surface area contributed by atoms with Crippen LogP contribution in [-0.4, -0.2) is 29.3 Å². The standard InChI is InChI=1S/C15H17BrN2O/c1-10-7-11(19)9-18(8-10)14-5-6-17-15-12(14)3-2-4-13(15)16/h2-6,10-11,19H,7-9H2,1H3/t10-,11+/m1/s1. The zero-order valence-electron chi connectivity index (χ0n) is 10.9. The summed E-state index contributed by atoms with van der Waals surface area (Å²) in [7, 11) is 0. The SMILES string of the molecule is C[C@@H]1C[C@H](O)CN(c2ccnc3c(Br)cccc23)C1. The topological polar surface area (TPSA) is 36.4 Å². The molecule has 1 aliphatic heterocycles. The number of rotatable bonds is 1. The van der Waals surface area contributed by atoms with E-state index in [0.29, 0.717) is 12.5 Å². The molecule has 0 unspecified atom stereocenters. The van der Waals surface area contributed by atoms with Gasteiger partial charge < -0.3 is 10.0 Å². The van der Waals surface area contributed by atoms with Crippen LogP contribution in [0.5, 0.6) is 0 Å². The molecule has 3 rings (SSSR count). The van der Waals surface area contributed by atoms with Gasteiger partial charge in [0.25, 0.3) is 0 Å². The number of aromatic nitrogens is 1. The first-order valence-electron chi connectivity index (χ1n) is 6.61. The number of fused-ring (bicyclic) bond motifs is 1. The highest BCUT2D eigenvalue weighted by molar-refractivity contribution is 9.10. The second kappa shape index (κ2) is 5.10. The van der Waals surface area contributed by atoms with E-state index in [0.717, 1.165) is 34.0 Å². The summed E-state index contributed by atoms with van der Waals surface area (Å²) < 4.78 is 1.01. The maximum absolute atomic E-state index is 9.97. The highest BCUT2D eigenvalue weighted by Gasteiger charge is 2.24. The Balaban J connectivity index is 2.07. The summed E-state index contributed by atoms with van der Waals surface area (Å²) >= 11 is 3.55. The van der Waals surface area contributed by atoms with Crippen LogP contribution in [0.15, 0.2) is 34.9 Å². The number of benzene rings is 1. The molecule has 0 spiro atoms. The first kappa shape index (κ1) is 12.9. The van der Waals surface area contributed by atoms with Crippen molar-refractivity contribution in [2.45, 2.75) is 19.4 Å². The van der Waals surface area contributed by atoms with Crippen LogP contribution in [0, 0.1) is 5.92 Å². The van der Waals surface area contributed by atoms with Crippen molar-refractivity contribution in [3.05, 3.63) is 34.9 Å². The van der Waals surface area contributed by atoms with Gasteiger partial charge in [-0.3, -0.25) is 4.98 Å². The van der Waals surface area contributed by atoms with Gasteiger partial charge in [0.15, 0.2) is 0 Å². The van der Waals surface area contributed by atoms with Crippen molar-refractivity contribution >= 4 is 32.5 Å². The number of para-hydroxylation sites is 1. The molecule has 1 N–H and O–H groups in total. The number of pyridine rings is 1. The second-order valence-electron chi connectivity index (χ2n) is 5.37. The van der Waals surface area contributed by atoms with E-state index in [-0.39, 0.29) is 6.10 Å². The molecule has 0 amide bonds. The highest BCUT2D eigenvalue weighted by atomic mass is 79.9. The first-order chi connectivity index (χ1) is 9.15. The van der Waals surface area contributed by atoms with Crippen molar-refractivity contribution in [3.63, 3.8) is 0 Å². The third kappa shape index (κ3) is 2.47. The Labute approximate surface area is 121 Å². The quantitative estimate of drug-likeness (QED) is 0.876. The molecule has 0 aliphatic carbocycles. The molecule has 1 aromatic heterocycles. The van der Waals surface area contributed by atoms with Crippen molar-refractivity contribution in [3.8, 4) is 0 Å². The van der Waals surface area contributed by atoms with Crippen molar-refractivity contribution in [2.75, 3.05) is 18.0 Å². The third-order valence-electron chi connectivity index (χ3n) is 3.68. The molecule has 1 fully saturated rings. The zero-order valence-corrected chi connectivity index (χ0v) is 12.5. The lowest BCUT2D eigenvalue weighted by molar-refractivity contribution is 0.132. The van der Waals surface area contributed by atoms with Gasteiger partial charge in [0.1, 0.15) is 0 Å². The van der Waals surface area contributed by atoms with Gasteiger partial charge in [0.2, 0.25) is 0 Å². The summed E-state index contributed by atoms with van der Waals surface area (Å²) in [6, 6.07) is 8.17. The number of β-amino-alcohol motifs (C(OH)–C–C–N with tert-alkyl or cyclic N) is 1. The molecule has 1 aliphatic rings. The van der Waals surface area contributed by atoms with Gasteiger partial charge in [-0.25, -0.2) is 0 Å². The summed E-state index contributed by atoms with van der Waals surface area (Å²) in [5.41, 5.74) is 2.14. The van der Waals surface area contributed by atoms with Gasteiger partial charge in [0.05, 0.1) is 11.6 Å². The van der Waals surface area contributed by atoms with Gasteiger partial charge >= 0.3 is 0 Å². The molecule has 0 saturated carbocycles. The van der Waals surface area contributed by atoms with E-state index in [1.165, 1.54) is 0 Å². The van der Waals surface area contributed by atoms with Gasteiger partial charge in [0, 0.05) is 34.8 Å². The van der Waals surface area contributed by atoms with Crippen molar-refractivity contribution < 1.29 is 5.11 Å². The Kier molecular flexibility index (Phi) is 3.46. The van der Waals surface area contributed by atoms with Crippen LogP contribution in [0.3, 0.4) is 0 Å². The summed E-state index contributed by atoms with van der Waals surface area (Å²) in [5, 5.41) is 11.1. The molecule has 19 heavy (non-hydrogen) atoms. The number of hydrogen-bond donors (Lipinski definition) is 1. The lowest BCUT2D eigenvalue weighted by Gasteiger charge is -2.36. The lowest BCUT2D eigenvalue weighted by atomic mass is 9.97. The van der Waals surface area contributed by atoms with Gasteiger partial charge in [-0.1, -0.05) is 19.1 Å². The molecule has 2 atom stereocenters. The smallest absolute Gasteiger partial charge is 0.0864 e. The lowest BCUT2D eigenvalue weighted by Crippen LogP contribution is -2.42. The normalized spacial score (nSPS) is 23.8. The first-order valence-corrected chi connectivity index (χ1v) is 7.40. The van der Waals surface area contributed by atoms with E-state index < -0.39 is 0 Å². The van der Waals surface area contributed by atoms with Gasteiger partial charge in [-0.2, -0.15) is 0 Å². The average molecular weight is 321 g/mol. The Morgan fingerprint density at radius 1 is 1.32 bits per heavy atom. The monoisotopic (exact) mass is 320 g/mol. The summed E-state index contributed by atoms with van der Waals surface area (Å²) in [5.74, 6) is 0.513. The van der Waals surface area contributed by atoms with Crippen LogP contribution in [0.4, 0.5) is 5.69 Å². The number of halogens is 1. The number of hydrogen-bond acceptors (Lipinski definition) is 3. The highest BCUT2D eigenvalue weighted by Crippen LogP contribution is 2.32. The van der Waals surface area contributed by atoms with Gasteiger partial charge in [-0.15, -0.1) is 0 Å². The molecule has 4 heteroatoms. The predicted octanol–water partition coefficient (Wildman–Crippen LogP) is 3.20. The second-order valence-corrected chi connectivity index (χ2v) is 6.22. The van der Waals surface area contributed by atoms with E-state index in [4.69, 9.17) is 0 Å². The van der Waals surface area contributed by atoms with E-state index in [1.807, 2.05) is 24.4 Å². The van der Waals surface area contributed by atoms with Crippen molar-refractivity contribution in [1.82, 2.24) is 4.98 Å². The largest absolute Gasteiger partial charge is 0.391 e. The number of anilines is 1. The summed E-state index contributed by atoms with van der Waals surface area (Å²) in [6.07, 6.45) is 2.50. The minimum absolute atomic E-state index is 0.237. The van der Waals surface area contributed by atoms with Crippen LogP contribution in [0.2, 0.25) is 0 Å². The molecular formula is C15H17BrN2O. The number of piperidine rings is 1. The Morgan fingerprint density at radius 3 is 2.95 bits per heavy atom. The third-order valence-corrected chi connectivity index (χ3v) is 4.32. The minimum Gasteiger partial charge on any atom is -0.391 e. The van der Waals surface area contributed by atoms with Gasteiger partial charge in [-0.05, 0) is 40.4 Å². The molecule has 1 saturated heterocycles. The minimum atomic E-state index is -0.237. The maximum atomic E-state index is 9.97. The van der Waals surface area contributed by atoms with Crippen molar-refractivity contribution in [2.24, 2.45) is 5.92 Å². The van der Waals surface area contributed by atoms with E-state index in [1.54, 1.807) is 0 Å². The fourth-order valence-electron chi connectivity index (χ4n) is 2.92. The number of aliphatic hydroxyl groups is 1. The van der Waals surface area contributed by atoms with E-state index in [2.05, 4.69) is 38.8 Å². The van der Waals surface area contributed by atoms with Crippen molar-refractivity contribution in [1.29, 1.82) is 0 Å². The molecule has 1 aromatic carbocycles. The summed E-state index contributed by atoms with van der Waals surface area (Å²) in [4.78, 5) is 6.71. The summed E-state index contributed by atoms with van der Waals surface area (Å²) in [6.45, 7) is 3.88. The molecule has 2 aromatic rings. The Hall–Kier alpha value is -1.13. The Morgan fingerprint density at radius 2 is 2.16 bits per heavy atom. The van der Waals surface area contributed by atoms with Crippen LogP contribution >= 0.6 is 15.9 Å².